The molecule has 4 heterocycles. The smallest absolute Gasteiger partial charge is 0.443 e. The van der Waals surface area contributed by atoms with E-state index in [4.69, 9.17) is 14.9 Å². The van der Waals surface area contributed by atoms with Gasteiger partial charge in [-0.1, -0.05) is 18.2 Å². The fourth-order valence-electron chi connectivity index (χ4n) is 4.96. The van der Waals surface area contributed by atoms with Crippen LogP contribution in [0.25, 0.3) is 28.0 Å². The third kappa shape index (κ3) is 6.22. The first-order valence-corrected chi connectivity index (χ1v) is 13.1. The Labute approximate surface area is 242 Å². The summed E-state index contributed by atoms with van der Waals surface area (Å²) >= 11 is 0. The van der Waals surface area contributed by atoms with Gasteiger partial charge in [-0.3, -0.25) is 4.90 Å². The summed E-state index contributed by atoms with van der Waals surface area (Å²) in [7, 11) is 0. The maximum absolute atomic E-state index is 12.6. The Bertz CT molecular complexity index is 1730. The quantitative estimate of drug-likeness (QED) is 0.237. The molecule has 4 N–H and O–H groups in total. The van der Waals surface area contributed by atoms with Crippen LogP contribution in [0.4, 0.5) is 35.2 Å². The second-order valence-electron chi connectivity index (χ2n) is 9.59. The van der Waals surface area contributed by atoms with Crippen LogP contribution in [-0.2, 0) is 11.3 Å². The van der Waals surface area contributed by atoms with Crippen molar-refractivity contribution in [1.82, 2.24) is 24.5 Å². The number of aromatic nitrogens is 4. The van der Waals surface area contributed by atoms with E-state index in [1.165, 1.54) is 24.9 Å². The van der Waals surface area contributed by atoms with Crippen LogP contribution in [0.3, 0.4) is 0 Å². The Balaban J connectivity index is 1.30. The van der Waals surface area contributed by atoms with Crippen molar-refractivity contribution in [3.05, 3.63) is 73.1 Å². The average Bonchev–Trinajstić information content (AvgIpc) is 3.61. The monoisotopic (exact) mass is 594 g/mol. The fraction of sp³-hybridized carbons (Fsp3) is 0.214. The number of halogens is 3. The molecule has 1 aliphatic heterocycles. The van der Waals surface area contributed by atoms with Crippen molar-refractivity contribution in [1.29, 1.82) is 0 Å². The van der Waals surface area contributed by atoms with Crippen molar-refractivity contribution >= 4 is 28.7 Å². The number of nitrogens with zero attached hydrogens (tertiary/aromatic N) is 5. The topological polar surface area (TPSA) is 145 Å². The number of benzene rings is 2. The summed E-state index contributed by atoms with van der Waals surface area (Å²) < 4.78 is 54.6. The van der Waals surface area contributed by atoms with Crippen LogP contribution in [0.5, 0.6) is 5.75 Å². The Morgan fingerprint density at radius 3 is 2.53 bits per heavy atom. The molecule has 43 heavy (non-hydrogen) atoms. The van der Waals surface area contributed by atoms with E-state index in [0.717, 1.165) is 47.6 Å². The summed E-state index contributed by atoms with van der Waals surface area (Å²) in [6.07, 6.45) is -0.470. The number of alkyl halides is 3. The number of nitrogens with two attached hydrogens (primary N) is 1. The zero-order chi connectivity index (χ0) is 30.0. The molecule has 1 fully saturated rings. The number of urea groups is 1. The van der Waals surface area contributed by atoms with Gasteiger partial charge in [0.25, 0.3) is 0 Å². The predicted octanol–water partition coefficient (Wildman–Crippen LogP) is 5.01. The molecule has 222 valence electrons. The summed E-state index contributed by atoms with van der Waals surface area (Å²) in [5.41, 5.74) is 10.6. The molecule has 2 amide bonds. The number of nitrogens with one attached hydrogen (secondary N) is 2. The van der Waals surface area contributed by atoms with E-state index < -0.39 is 18.1 Å². The molecule has 0 aliphatic carbocycles. The number of carbonyl (C=O) groups is 1. The van der Waals surface area contributed by atoms with Gasteiger partial charge in [0.1, 0.15) is 17.6 Å². The molecule has 6 rings (SSSR count). The number of anilines is 3. The number of fused-ring (bicyclic) bond motifs is 1. The Morgan fingerprint density at radius 2 is 1.81 bits per heavy atom. The number of nitrogen functional groups attached to an aromatic ring is 1. The number of hydrogen-bond donors (Lipinski definition) is 3. The molecule has 0 radical (unpaired) electrons. The minimum atomic E-state index is -4.85. The summed E-state index contributed by atoms with van der Waals surface area (Å²) in [5.74, 6) is 0.354. The molecule has 0 unspecified atom stereocenters. The highest BCUT2D eigenvalue weighted by Gasteiger charge is 2.31. The zero-order valence-electron chi connectivity index (χ0n) is 22.5. The normalized spacial score (nSPS) is 14.1. The number of amides is 2. The van der Waals surface area contributed by atoms with Gasteiger partial charge in [-0.05, 0) is 29.8 Å². The van der Waals surface area contributed by atoms with Crippen molar-refractivity contribution in [3.63, 3.8) is 0 Å². The molecule has 0 spiro atoms. The third-order valence-corrected chi connectivity index (χ3v) is 6.76. The minimum absolute atomic E-state index is 0.121. The predicted molar refractivity (Wildman–Crippen MR) is 150 cm³/mol. The minimum Gasteiger partial charge on any atom is -0.443 e. The first-order valence-electron chi connectivity index (χ1n) is 13.1. The molecule has 0 saturated carbocycles. The lowest BCUT2D eigenvalue weighted by molar-refractivity contribution is -0.274. The van der Waals surface area contributed by atoms with Crippen molar-refractivity contribution in [2.45, 2.75) is 12.9 Å². The van der Waals surface area contributed by atoms with Crippen LogP contribution in [0, 0.1) is 0 Å². The van der Waals surface area contributed by atoms with Gasteiger partial charge in [0.2, 0.25) is 0 Å². The zero-order valence-corrected chi connectivity index (χ0v) is 22.5. The van der Waals surface area contributed by atoms with Gasteiger partial charge in [-0.25, -0.2) is 19.3 Å². The SMILES string of the molecule is Nc1ncnn2c(CN3CCOCC3)c(-c3cnco3)c(-c3ccc(NC(=O)Nc4cccc(OC(F)(F)F)c4)cc3)c12. The van der Waals surface area contributed by atoms with Gasteiger partial charge in [0.15, 0.2) is 18.0 Å². The maximum atomic E-state index is 12.6. The van der Waals surface area contributed by atoms with Crippen LogP contribution in [-0.4, -0.2) is 63.2 Å². The molecule has 1 aliphatic rings. The highest BCUT2D eigenvalue weighted by atomic mass is 19.4. The van der Waals surface area contributed by atoms with Gasteiger partial charge in [-0.2, -0.15) is 5.10 Å². The Kier molecular flexibility index (Phi) is 7.56. The summed E-state index contributed by atoms with van der Waals surface area (Å²) in [5, 5.41) is 9.69. The Hall–Kier alpha value is -5.15. The first-order chi connectivity index (χ1) is 20.7. The molecule has 15 heteroatoms. The van der Waals surface area contributed by atoms with Crippen LogP contribution in [0.15, 0.2) is 71.9 Å². The highest BCUT2D eigenvalue weighted by Crippen LogP contribution is 2.42. The largest absolute Gasteiger partial charge is 0.573 e. The summed E-state index contributed by atoms with van der Waals surface area (Å²) in [6, 6.07) is 11.3. The number of hydrogen-bond acceptors (Lipinski definition) is 9. The van der Waals surface area contributed by atoms with Gasteiger partial charge in [0, 0.05) is 42.6 Å². The van der Waals surface area contributed by atoms with Crippen molar-refractivity contribution in [2.75, 3.05) is 42.7 Å². The molecule has 0 atom stereocenters. The van der Waals surface area contributed by atoms with E-state index in [1.807, 2.05) is 0 Å². The summed E-state index contributed by atoms with van der Waals surface area (Å²) in [4.78, 5) is 23.2. The number of oxazole rings is 1. The maximum Gasteiger partial charge on any atom is 0.573 e. The third-order valence-electron chi connectivity index (χ3n) is 6.76. The van der Waals surface area contributed by atoms with E-state index >= 15 is 0 Å². The standard InChI is InChI=1S/C28H25F3N8O4/c29-28(30,31)43-20-3-1-2-19(12-20)37-27(40)36-18-6-4-17(5-7-18)23-24(22-13-33-16-42-22)21(14-38-8-10-41-11-9-38)39-25(23)26(32)34-15-35-39/h1-7,12-13,15-16H,8-11,14H2,(H2,32,34,35)(H2,36,37,40). The summed E-state index contributed by atoms with van der Waals surface area (Å²) in [6.45, 7) is 3.30. The molecule has 5 aromatic rings. The molecule has 3 aromatic heterocycles. The molecule has 1 saturated heterocycles. The lowest BCUT2D eigenvalue weighted by Gasteiger charge is -2.26. The first kappa shape index (κ1) is 28.0. The molecular weight excluding hydrogens is 569 g/mol. The van der Waals surface area contributed by atoms with E-state index in [1.54, 1.807) is 35.0 Å². The van der Waals surface area contributed by atoms with Crippen molar-refractivity contribution in [2.24, 2.45) is 0 Å². The van der Waals surface area contributed by atoms with Crippen LogP contribution >= 0.6 is 0 Å². The van der Waals surface area contributed by atoms with Crippen molar-refractivity contribution in [3.8, 4) is 28.2 Å². The van der Waals surface area contributed by atoms with E-state index in [0.29, 0.717) is 36.7 Å². The fourth-order valence-corrected chi connectivity index (χ4v) is 4.96. The van der Waals surface area contributed by atoms with Crippen LogP contribution < -0.4 is 21.1 Å². The van der Waals surface area contributed by atoms with E-state index in [2.05, 4.69) is 35.3 Å². The second-order valence-corrected chi connectivity index (χ2v) is 9.59. The van der Waals surface area contributed by atoms with E-state index in [-0.39, 0.29) is 11.5 Å². The van der Waals surface area contributed by atoms with Crippen LogP contribution in [0.1, 0.15) is 5.69 Å². The van der Waals surface area contributed by atoms with Gasteiger partial charge >= 0.3 is 12.4 Å². The van der Waals surface area contributed by atoms with Crippen molar-refractivity contribution < 1.29 is 31.9 Å². The number of morpholine rings is 1. The van der Waals surface area contributed by atoms with Crippen LogP contribution in [0.2, 0.25) is 0 Å². The molecule has 12 nitrogen and oxygen atoms in total. The Morgan fingerprint density at radius 1 is 1.05 bits per heavy atom. The lowest BCUT2D eigenvalue weighted by atomic mass is 9.99. The molecule has 2 aromatic carbocycles. The highest BCUT2D eigenvalue weighted by molar-refractivity contribution is 6.01. The van der Waals surface area contributed by atoms with Gasteiger partial charge in [0.05, 0.1) is 30.7 Å². The number of ether oxygens (including phenoxy) is 2. The number of rotatable bonds is 7. The van der Waals surface area contributed by atoms with Gasteiger partial charge < -0.3 is 30.3 Å². The lowest BCUT2D eigenvalue weighted by Crippen LogP contribution is -2.36. The van der Waals surface area contributed by atoms with E-state index in [9.17, 15) is 18.0 Å². The second kappa shape index (κ2) is 11.6. The molecular formula is C28H25F3N8O4. The van der Waals surface area contributed by atoms with Gasteiger partial charge in [-0.15, -0.1) is 13.2 Å². The molecule has 0 bridgehead atoms. The average molecular weight is 595 g/mol. The number of carbonyl (C=O) groups excluding carboxylic acids is 1.